The molecule has 2 atom stereocenters. The molecule has 1 amide bonds. The van der Waals surface area contributed by atoms with Gasteiger partial charge in [0.05, 0.1) is 0 Å². The molecule has 1 aromatic heterocycles. The molecule has 0 bridgehead atoms. The Hall–Kier alpha value is -3.08. The predicted molar refractivity (Wildman–Crippen MR) is 148 cm³/mol. The third kappa shape index (κ3) is 7.77. The van der Waals surface area contributed by atoms with Crippen molar-refractivity contribution >= 4 is 17.7 Å². The molecular formula is C29H39F3N6O2. The summed E-state index contributed by atoms with van der Waals surface area (Å²) in [5.41, 5.74) is 0.368. The molecule has 0 aliphatic carbocycles. The fraction of sp³-hybridized carbons (Fsp3) is 0.621. The number of ether oxygens (including phenoxy) is 1. The molecule has 3 saturated heterocycles. The molecule has 3 fully saturated rings. The molecule has 2 unspecified atom stereocenters. The van der Waals surface area contributed by atoms with Crippen molar-refractivity contribution in [3.05, 3.63) is 42.1 Å². The van der Waals surface area contributed by atoms with Gasteiger partial charge in [-0.1, -0.05) is 19.3 Å². The second-order valence-electron chi connectivity index (χ2n) is 11.1. The molecule has 3 aliphatic heterocycles. The molecule has 11 heteroatoms. The first-order valence-electron chi connectivity index (χ1n) is 14.6. The molecule has 0 spiro atoms. The van der Waals surface area contributed by atoms with E-state index in [1.54, 1.807) is 0 Å². The van der Waals surface area contributed by atoms with E-state index in [1.807, 2.05) is 17.2 Å². The van der Waals surface area contributed by atoms with Gasteiger partial charge in [0, 0.05) is 56.6 Å². The van der Waals surface area contributed by atoms with Crippen LogP contribution in [0.5, 0.6) is 5.75 Å². The number of hydrogen-bond donors (Lipinski definition) is 1. The average Bonchev–Trinajstić information content (AvgIpc) is 3.36. The van der Waals surface area contributed by atoms with Crippen LogP contribution in [0.15, 0.2) is 36.5 Å². The SMILES string of the molecule is O=C(c1ccc(OC(F)(F)F)cc1)N1CCCC(N2CCCCC(Nc3nccc(N4CCCCCC4)n3)C2)C1. The first kappa shape index (κ1) is 28.4. The third-order valence-electron chi connectivity index (χ3n) is 8.14. The van der Waals surface area contributed by atoms with Crippen molar-refractivity contribution in [1.29, 1.82) is 0 Å². The summed E-state index contributed by atoms with van der Waals surface area (Å²) in [7, 11) is 0. The number of anilines is 2. The number of aromatic nitrogens is 2. The topological polar surface area (TPSA) is 73.8 Å². The van der Waals surface area contributed by atoms with Crippen LogP contribution in [0.2, 0.25) is 0 Å². The number of piperidine rings is 1. The number of hydrogen-bond acceptors (Lipinski definition) is 7. The second kappa shape index (κ2) is 13.1. The predicted octanol–water partition coefficient (Wildman–Crippen LogP) is 5.33. The van der Waals surface area contributed by atoms with Crippen molar-refractivity contribution in [3.63, 3.8) is 0 Å². The van der Waals surface area contributed by atoms with E-state index in [4.69, 9.17) is 4.98 Å². The zero-order valence-corrected chi connectivity index (χ0v) is 22.9. The van der Waals surface area contributed by atoms with Gasteiger partial charge in [0.25, 0.3) is 5.91 Å². The van der Waals surface area contributed by atoms with Crippen molar-refractivity contribution in [3.8, 4) is 5.75 Å². The minimum Gasteiger partial charge on any atom is -0.406 e. The summed E-state index contributed by atoms with van der Waals surface area (Å²) in [6.45, 7) is 5.15. The molecule has 3 aliphatic rings. The van der Waals surface area contributed by atoms with Crippen molar-refractivity contribution < 1.29 is 22.7 Å². The van der Waals surface area contributed by atoms with Gasteiger partial charge in [0.15, 0.2) is 0 Å². The highest BCUT2D eigenvalue weighted by atomic mass is 19.4. The van der Waals surface area contributed by atoms with E-state index in [1.165, 1.54) is 49.9 Å². The number of nitrogens with zero attached hydrogens (tertiary/aromatic N) is 5. The highest BCUT2D eigenvalue weighted by Crippen LogP contribution is 2.26. The van der Waals surface area contributed by atoms with E-state index in [0.717, 1.165) is 64.1 Å². The first-order valence-corrected chi connectivity index (χ1v) is 14.6. The number of amides is 1. The van der Waals surface area contributed by atoms with Crippen LogP contribution >= 0.6 is 0 Å². The largest absolute Gasteiger partial charge is 0.573 e. The Balaban J connectivity index is 1.19. The summed E-state index contributed by atoms with van der Waals surface area (Å²) in [5, 5.41) is 3.60. The van der Waals surface area contributed by atoms with E-state index < -0.39 is 6.36 Å². The highest BCUT2D eigenvalue weighted by molar-refractivity contribution is 5.94. The van der Waals surface area contributed by atoms with Crippen LogP contribution in [-0.4, -0.2) is 83.4 Å². The normalized spacial score (nSPS) is 23.3. The summed E-state index contributed by atoms with van der Waals surface area (Å²) >= 11 is 0. The maximum Gasteiger partial charge on any atom is 0.573 e. The number of rotatable bonds is 6. The quantitative estimate of drug-likeness (QED) is 0.512. The molecule has 2 aromatic rings. The maximum absolute atomic E-state index is 13.2. The molecule has 40 heavy (non-hydrogen) atoms. The highest BCUT2D eigenvalue weighted by Gasteiger charge is 2.32. The lowest BCUT2D eigenvalue weighted by atomic mass is 10.0. The monoisotopic (exact) mass is 560 g/mol. The fourth-order valence-electron chi connectivity index (χ4n) is 6.12. The number of alkyl halides is 3. The Morgan fingerprint density at radius 2 is 1.62 bits per heavy atom. The van der Waals surface area contributed by atoms with Gasteiger partial charge in [-0.25, -0.2) is 4.98 Å². The molecule has 8 nitrogen and oxygen atoms in total. The van der Waals surface area contributed by atoms with Gasteiger partial charge in [-0.2, -0.15) is 4.98 Å². The Morgan fingerprint density at radius 3 is 2.38 bits per heavy atom. The molecule has 1 aromatic carbocycles. The minimum atomic E-state index is -4.76. The van der Waals surface area contributed by atoms with E-state index in [-0.39, 0.29) is 23.7 Å². The van der Waals surface area contributed by atoms with Gasteiger partial charge in [-0.3, -0.25) is 9.69 Å². The smallest absolute Gasteiger partial charge is 0.406 e. The zero-order valence-electron chi connectivity index (χ0n) is 22.9. The van der Waals surface area contributed by atoms with Crippen molar-refractivity contribution in [2.75, 3.05) is 49.5 Å². The number of carbonyl (C=O) groups excluding carboxylic acids is 1. The number of likely N-dealkylation sites (tertiary alicyclic amines) is 2. The van der Waals surface area contributed by atoms with Gasteiger partial charge < -0.3 is 19.9 Å². The molecule has 218 valence electrons. The number of carbonyl (C=O) groups is 1. The maximum atomic E-state index is 13.2. The minimum absolute atomic E-state index is 0.161. The van der Waals surface area contributed by atoms with Gasteiger partial charge in [-0.05, 0) is 75.4 Å². The summed E-state index contributed by atoms with van der Waals surface area (Å²) in [6, 6.07) is 7.64. The number of halogens is 3. The van der Waals surface area contributed by atoms with Gasteiger partial charge in [0.2, 0.25) is 5.95 Å². The van der Waals surface area contributed by atoms with E-state index in [9.17, 15) is 18.0 Å². The molecule has 0 saturated carbocycles. The van der Waals surface area contributed by atoms with Crippen molar-refractivity contribution in [1.82, 2.24) is 19.8 Å². The Bertz CT molecular complexity index is 1110. The standard InChI is InChI=1S/C29H39F3N6O2/c30-29(31,32)40-25-12-10-22(11-13-25)27(39)38-19-7-9-24(21-38)37-18-6-3-8-23(20-37)34-28-33-15-14-26(35-28)36-16-4-1-2-5-17-36/h10-15,23-24H,1-9,16-21H2,(H,33,34,35). The van der Waals surface area contributed by atoms with E-state index >= 15 is 0 Å². The van der Waals surface area contributed by atoms with Gasteiger partial charge in [0.1, 0.15) is 11.6 Å². The Labute approximate surface area is 233 Å². The van der Waals surface area contributed by atoms with Crippen LogP contribution in [0.25, 0.3) is 0 Å². The van der Waals surface area contributed by atoms with Crippen LogP contribution in [0, 0.1) is 0 Å². The van der Waals surface area contributed by atoms with Gasteiger partial charge in [-0.15, -0.1) is 13.2 Å². The average molecular weight is 561 g/mol. The lowest BCUT2D eigenvalue weighted by Gasteiger charge is -2.40. The van der Waals surface area contributed by atoms with Crippen molar-refractivity contribution in [2.45, 2.75) is 76.2 Å². The van der Waals surface area contributed by atoms with E-state index in [2.05, 4.69) is 24.8 Å². The molecule has 1 N–H and O–H groups in total. The lowest BCUT2D eigenvalue weighted by Crippen LogP contribution is -2.51. The molecule has 5 rings (SSSR count). The van der Waals surface area contributed by atoms with E-state index in [0.29, 0.717) is 24.6 Å². The number of benzene rings is 1. The Morgan fingerprint density at radius 1 is 0.875 bits per heavy atom. The van der Waals surface area contributed by atoms with Gasteiger partial charge >= 0.3 is 6.36 Å². The van der Waals surface area contributed by atoms with Crippen molar-refractivity contribution in [2.24, 2.45) is 0 Å². The summed E-state index contributed by atoms with van der Waals surface area (Å²) < 4.78 is 41.4. The second-order valence-corrected chi connectivity index (χ2v) is 11.1. The molecular weight excluding hydrogens is 521 g/mol. The molecule has 4 heterocycles. The summed E-state index contributed by atoms with van der Waals surface area (Å²) in [4.78, 5) is 29.3. The van der Waals surface area contributed by atoms with Crippen LogP contribution in [0.3, 0.4) is 0 Å². The first-order chi connectivity index (χ1) is 19.3. The zero-order chi connectivity index (χ0) is 28.0. The molecule has 0 radical (unpaired) electrons. The number of nitrogens with one attached hydrogen (secondary N) is 1. The van der Waals surface area contributed by atoms with Crippen LogP contribution in [-0.2, 0) is 0 Å². The Kier molecular flexibility index (Phi) is 9.29. The van der Waals surface area contributed by atoms with Crippen LogP contribution in [0.4, 0.5) is 24.9 Å². The van der Waals surface area contributed by atoms with Crippen LogP contribution in [0.1, 0.15) is 68.1 Å². The lowest BCUT2D eigenvalue weighted by molar-refractivity contribution is -0.274. The fourth-order valence-corrected chi connectivity index (χ4v) is 6.12. The third-order valence-corrected chi connectivity index (χ3v) is 8.14. The summed E-state index contributed by atoms with van der Waals surface area (Å²) in [5.74, 6) is 1.17. The summed E-state index contributed by atoms with van der Waals surface area (Å²) in [6.07, 6.45) is 7.18. The van der Waals surface area contributed by atoms with Crippen LogP contribution < -0.4 is 15.0 Å².